The molecule has 2 aromatic heterocycles. The van der Waals surface area contributed by atoms with Crippen molar-refractivity contribution in [3.8, 4) is 11.1 Å². The summed E-state index contributed by atoms with van der Waals surface area (Å²) in [6, 6.07) is 6.38. The van der Waals surface area contributed by atoms with Gasteiger partial charge in [0.2, 0.25) is 0 Å². The Balaban J connectivity index is 1.60. The summed E-state index contributed by atoms with van der Waals surface area (Å²) in [7, 11) is 1.78. The summed E-state index contributed by atoms with van der Waals surface area (Å²) < 4.78 is 18.4. The molecule has 8 nitrogen and oxygen atoms in total. The lowest BCUT2D eigenvalue weighted by atomic mass is 9.92. The predicted octanol–water partition coefficient (Wildman–Crippen LogP) is 4.22. The first-order valence-electron chi connectivity index (χ1n) is 10.5. The molecule has 1 saturated heterocycles. The normalized spacial score (nSPS) is 24.2. The summed E-state index contributed by atoms with van der Waals surface area (Å²) >= 11 is 0. The van der Waals surface area contributed by atoms with Crippen molar-refractivity contribution in [1.29, 1.82) is 0 Å². The van der Waals surface area contributed by atoms with Crippen LogP contribution in [-0.2, 0) is 9.47 Å². The fourth-order valence-corrected chi connectivity index (χ4v) is 4.86. The Morgan fingerprint density at radius 2 is 2.00 bits per heavy atom. The van der Waals surface area contributed by atoms with Crippen molar-refractivity contribution in [3.63, 3.8) is 0 Å². The number of nitrogens with one attached hydrogen (secondary N) is 1. The van der Waals surface area contributed by atoms with E-state index in [1.165, 1.54) is 0 Å². The maximum absolute atomic E-state index is 11.7. The van der Waals surface area contributed by atoms with E-state index < -0.39 is 6.09 Å². The molecule has 1 aliphatic heterocycles. The third-order valence-electron chi connectivity index (χ3n) is 6.37. The number of rotatable bonds is 4. The van der Waals surface area contributed by atoms with Crippen molar-refractivity contribution in [2.75, 3.05) is 13.7 Å². The summed E-state index contributed by atoms with van der Waals surface area (Å²) in [5, 5.41) is 6.98. The Kier molecular flexibility index (Phi) is 4.73. The minimum atomic E-state index is -0.391. The van der Waals surface area contributed by atoms with Crippen molar-refractivity contribution in [1.82, 2.24) is 20.0 Å². The molecule has 1 atom stereocenters. The molecule has 0 bridgehead atoms. The highest BCUT2D eigenvalue weighted by atomic mass is 16.6. The molecule has 158 valence electrons. The average Bonchev–Trinajstić information content (AvgIpc) is 3.44. The van der Waals surface area contributed by atoms with E-state index in [0.29, 0.717) is 18.8 Å². The molecule has 1 N–H and O–H groups in total. The zero-order valence-corrected chi connectivity index (χ0v) is 17.5. The maximum atomic E-state index is 11.7. The highest BCUT2D eigenvalue weighted by Crippen LogP contribution is 2.37. The van der Waals surface area contributed by atoms with Crippen molar-refractivity contribution in [3.05, 3.63) is 35.5 Å². The van der Waals surface area contributed by atoms with Gasteiger partial charge in [-0.15, -0.1) is 0 Å². The van der Waals surface area contributed by atoms with Crippen LogP contribution in [0.1, 0.15) is 55.0 Å². The van der Waals surface area contributed by atoms with Crippen LogP contribution in [0, 0.1) is 13.8 Å². The number of fused-ring (bicyclic) bond motifs is 1. The number of ether oxygens (including phenoxy) is 2. The van der Waals surface area contributed by atoms with Crippen LogP contribution >= 0.6 is 0 Å². The third-order valence-corrected chi connectivity index (χ3v) is 6.37. The molecule has 1 amide bonds. The number of amides is 1. The molecule has 2 aliphatic rings. The molecule has 0 radical (unpaired) electrons. The number of benzene rings is 1. The van der Waals surface area contributed by atoms with Crippen molar-refractivity contribution >= 4 is 17.1 Å². The highest BCUT2D eigenvalue weighted by molar-refractivity contribution is 5.84. The minimum Gasteiger partial charge on any atom is -0.447 e. The van der Waals surface area contributed by atoms with Gasteiger partial charge in [-0.2, -0.15) is 0 Å². The first-order valence-corrected chi connectivity index (χ1v) is 10.5. The molecule has 1 aliphatic carbocycles. The van der Waals surface area contributed by atoms with Crippen LogP contribution in [0.4, 0.5) is 4.79 Å². The Labute approximate surface area is 174 Å². The molecule has 1 saturated carbocycles. The van der Waals surface area contributed by atoms with E-state index in [-0.39, 0.29) is 6.04 Å². The molecule has 0 unspecified atom stereocenters. The first-order chi connectivity index (χ1) is 14.5. The van der Waals surface area contributed by atoms with E-state index in [9.17, 15) is 4.79 Å². The predicted molar refractivity (Wildman–Crippen MR) is 110 cm³/mol. The Bertz CT molecular complexity index is 1070. The molecule has 2 fully saturated rings. The molecular formula is C22H26N4O4. The van der Waals surface area contributed by atoms with Gasteiger partial charge in [-0.3, -0.25) is 0 Å². The molecule has 8 heteroatoms. The van der Waals surface area contributed by atoms with Crippen LogP contribution in [0.15, 0.2) is 22.7 Å². The van der Waals surface area contributed by atoms with E-state index in [1.54, 1.807) is 7.11 Å². The molecule has 3 aromatic rings. The fraction of sp³-hybridized carbons (Fsp3) is 0.500. The smallest absolute Gasteiger partial charge is 0.407 e. The maximum Gasteiger partial charge on any atom is 0.407 e. The van der Waals surface area contributed by atoms with Gasteiger partial charge in [0.25, 0.3) is 0 Å². The van der Waals surface area contributed by atoms with Gasteiger partial charge < -0.3 is 23.9 Å². The number of hydrogen-bond acceptors (Lipinski definition) is 6. The van der Waals surface area contributed by atoms with E-state index in [0.717, 1.165) is 65.1 Å². The Morgan fingerprint density at radius 3 is 2.63 bits per heavy atom. The standard InChI is InChI=1S/C22H26N4O4/c1-12-20(13(2)30-25-12)14-4-9-19-17(10-14)23-21(18-11-29-22(27)24-18)26(19)15-5-7-16(28-3)8-6-15/h4,9-10,15-16,18H,5-8,11H2,1-3H3,(H,24,27)/t15?,16?,18-/m0/s1. The second-order valence-corrected chi connectivity index (χ2v) is 8.20. The number of imidazole rings is 1. The van der Waals surface area contributed by atoms with Crippen molar-refractivity contribution in [2.45, 2.75) is 57.7 Å². The van der Waals surface area contributed by atoms with Gasteiger partial charge in [0.05, 0.1) is 22.8 Å². The van der Waals surface area contributed by atoms with Gasteiger partial charge in [-0.05, 0) is 57.2 Å². The molecule has 30 heavy (non-hydrogen) atoms. The Morgan fingerprint density at radius 1 is 1.20 bits per heavy atom. The second kappa shape index (κ2) is 7.43. The molecule has 3 heterocycles. The number of hydrogen-bond donors (Lipinski definition) is 1. The number of alkyl carbamates (subject to hydrolysis) is 1. The van der Waals surface area contributed by atoms with Gasteiger partial charge in [0.15, 0.2) is 0 Å². The number of cyclic esters (lactones) is 1. The summed E-state index contributed by atoms with van der Waals surface area (Å²) in [6.45, 7) is 4.16. The molecule has 5 rings (SSSR count). The largest absolute Gasteiger partial charge is 0.447 e. The number of carbonyl (C=O) groups is 1. The van der Waals surface area contributed by atoms with Gasteiger partial charge in [0, 0.05) is 18.7 Å². The summed E-state index contributed by atoms with van der Waals surface area (Å²) in [5.41, 5.74) is 4.87. The van der Waals surface area contributed by atoms with E-state index in [1.807, 2.05) is 13.8 Å². The third kappa shape index (κ3) is 3.15. The number of carbonyl (C=O) groups excluding carboxylic acids is 1. The van der Waals surface area contributed by atoms with Gasteiger partial charge in [-0.25, -0.2) is 9.78 Å². The second-order valence-electron chi connectivity index (χ2n) is 8.20. The minimum absolute atomic E-state index is 0.243. The van der Waals surface area contributed by atoms with E-state index in [4.69, 9.17) is 19.0 Å². The highest BCUT2D eigenvalue weighted by Gasteiger charge is 2.33. The SMILES string of the molecule is COC1CCC(n2c([C@@H]3COC(=O)N3)nc3cc(-c4c(C)noc4C)ccc32)CC1. The van der Waals surface area contributed by atoms with Crippen LogP contribution in [0.25, 0.3) is 22.2 Å². The molecule has 0 spiro atoms. The first kappa shape index (κ1) is 19.1. The zero-order chi connectivity index (χ0) is 20.8. The number of methoxy groups -OCH3 is 1. The van der Waals surface area contributed by atoms with Crippen LogP contribution in [0.5, 0.6) is 0 Å². The van der Waals surface area contributed by atoms with Gasteiger partial charge in [-0.1, -0.05) is 11.2 Å². The number of nitrogens with zero attached hydrogens (tertiary/aromatic N) is 3. The Hall–Kier alpha value is -2.87. The van der Waals surface area contributed by atoms with Crippen LogP contribution in [-0.4, -0.2) is 40.6 Å². The quantitative estimate of drug-likeness (QED) is 0.692. The lowest BCUT2D eigenvalue weighted by Crippen LogP contribution is -2.27. The average molecular weight is 410 g/mol. The summed E-state index contributed by atoms with van der Waals surface area (Å²) in [5.74, 6) is 1.65. The lowest BCUT2D eigenvalue weighted by Gasteiger charge is -2.30. The van der Waals surface area contributed by atoms with E-state index >= 15 is 0 Å². The summed E-state index contributed by atoms with van der Waals surface area (Å²) in [6.07, 6.45) is 4.00. The topological polar surface area (TPSA) is 91.4 Å². The van der Waals surface area contributed by atoms with Crippen LogP contribution in [0.3, 0.4) is 0 Å². The van der Waals surface area contributed by atoms with Crippen molar-refractivity contribution in [2.24, 2.45) is 0 Å². The number of aromatic nitrogens is 3. The van der Waals surface area contributed by atoms with Gasteiger partial charge >= 0.3 is 6.09 Å². The number of aryl methyl sites for hydroxylation is 2. The van der Waals surface area contributed by atoms with Crippen molar-refractivity contribution < 1.29 is 18.8 Å². The molecule has 1 aromatic carbocycles. The fourth-order valence-electron chi connectivity index (χ4n) is 4.86. The zero-order valence-electron chi connectivity index (χ0n) is 17.5. The van der Waals surface area contributed by atoms with E-state index in [2.05, 4.69) is 33.2 Å². The molecular weight excluding hydrogens is 384 g/mol. The lowest BCUT2D eigenvalue weighted by molar-refractivity contribution is 0.0583. The summed E-state index contributed by atoms with van der Waals surface area (Å²) in [4.78, 5) is 16.7. The monoisotopic (exact) mass is 410 g/mol. The van der Waals surface area contributed by atoms with Crippen LogP contribution < -0.4 is 5.32 Å². The van der Waals surface area contributed by atoms with Crippen LogP contribution in [0.2, 0.25) is 0 Å². The van der Waals surface area contributed by atoms with Gasteiger partial charge in [0.1, 0.15) is 24.2 Å².